The van der Waals surface area contributed by atoms with E-state index in [0.29, 0.717) is 18.5 Å². The molecule has 1 aliphatic rings. The molecule has 1 saturated heterocycles. The zero-order valence-electron chi connectivity index (χ0n) is 10.8. The molecule has 0 radical (unpaired) electrons. The van der Waals surface area contributed by atoms with E-state index in [9.17, 15) is 21.5 Å². The van der Waals surface area contributed by atoms with Gasteiger partial charge in [-0.15, -0.1) is 3.89 Å². The lowest BCUT2D eigenvalue weighted by Crippen LogP contribution is -2.28. The van der Waals surface area contributed by atoms with Crippen molar-refractivity contribution >= 4 is 16.1 Å². The first-order valence-corrected chi connectivity index (χ1v) is 7.84. The first kappa shape index (κ1) is 14.9. The molecule has 1 aromatic carbocycles. The van der Waals surface area contributed by atoms with E-state index >= 15 is 0 Å². The predicted molar refractivity (Wildman–Crippen MR) is 69.7 cm³/mol. The van der Waals surface area contributed by atoms with Crippen LogP contribution in [0.5, 0.6) is 0 Å². The second-order valence-corrected chi connectivity index (χ2v) is 6.37. The Kier molecular flexibility index (Phi) is 4.37. The molecule has 7 heteroatoms. The number of rotatable bonds is 5. The Bertz CT molecular complexity index is 603. The fourth-order valence-corrected chi connectivity index (χ4v) is 3.21. The molecule has 1 aromatic rings. The summed E-state index contributed by atoms with van der Waals surface area (Å²) < 4.78 is 47.2. The molecule has 0 saturated carbocycles. The first-order chi connectivity index (χ1) is 9.35. The van der Waals surface area contributed by atoms with Crippen molar-refractivity contribution < 1.29 is 21.5 Å². The summed E-state index contributed by atoms with van der Waals surface area (Å²) >= 11 is 0. The van der Waals surface area contributed by atoms with E-state index < -0.39 is 21.9 Å². The van der Waals surface area contributed by atoms with Crippen LogP contribution in [0.2, 0.25) is 0 Å². The molecule has 0 aromatic heterocycles. The quantitative estimate of drug-likeness (QED) is 0.775. The molecule has 4 nitrogen and oxygen atoms in total. The third kappa shape index (κ3) is 4.00. The van der Waals surface area contributed by atoms with Gasteiger partial charge in [-0.05, 0) is 18.1 Å². The molecule has 1 unspecified atom stereocenters. The lowest BCUT2D eigenvalue weighted by atomic mass is 10.1. The van der Waals surface area contributed by atoms with Gasteiger partial charge < -0.3 is 4.90 Å². The molecule has 1 atom stereocenters. The van der Waals surface area contributed by atoms with Gasteiger partial charge in [-0.1, -0.05) is 18.2 Å². The first-order valence-electron chi connectivity index (χ1n) is 6.28. The van der Waals surface area contributed by atoms with Crippen LogP contribution in [0, 0.1) is 11.7 Å². The van der Waals surface area contributed by atoms with E-state index in [-0.39, 0.29) is 24.7 Å². The monoisotopic (exact) mass is 303 g/mol. The van der Waals surface area contributed by atoms with E-state index in [1.807, 2.05) is 0 Å². The van der Waals surface area contributed by atoms with Crippen LogP contribution in [0.4, 0.5) is 8.28 Å². The topological polar surface area (TPSA) is 54.5 Å². The number of benzene rings is 1. The number of hydrogen-bond donors (Lipinski definition) is 0. The number of hydrogen-bond acceptors (Lipinski definition) is 3. The third-order valence-electron chi connectivity index (χ3n) is 3.34. The number of carbonyl (C=O) groups excluding carboxylic acids is 1. The van der Waals surface area contributed by atoms with Gasteiger partial charge in [0.2, 0.25) is 5.91 Å². The zero-order valence-corrected chi connectivity index (χ0v) is 11.6. The lowest BCUT2D eigenvalue weighted by Gasteiger charge is -2.16. The van der Waals surface area contributed by atoms with Gasteiger partial charge in [0.25, 0.3) is 0 Å². The van der Waals surface area contributed by atoms with Gasteiger partial charge in [0, 0.05) is 25.4 Å². The predicted octanol–water partition coefficient (Wildman–Crippen LogP) is 1.52. The molecule has 0 bridgehead atoms. The molecule has 20 heavy (non-hydrogen) atoms. The van der Waals surface area contributed by atoms with E-state index in [1.165, 1.54) is 11.0 Å². The molecular formula is C13H15F2NO3S. The lowest BCUT2D eigenvalue weighted by molar-refractivity contribution is -0.127. The molecule has 0 aliphatic carbocycles. The molecular weight excluding hydrogens is 288 g/mol. The Morgan fingerprint density at radius 3 is 2.65 bits per heavy atom. The fourth-order valence-electron chi connectivity index (χ4n) is 2.42. The van der Waals surface area contributed by atoms with Crippen LogP contribution in [0.1, 0.15) is 12.0 Å². The van der Waals surface area contributed by atoms with E-state index in [2.05, 4.69) is 0 Å². The highest BCUT2D eigenvalue weighted by Crippen LogP contribution is 2.20. The van der Waals surface area contributed by atoms with Gasteiger partial charge in [-0.2, -0.15) is 8.42 Å². The van der Waals surface area contributed by atoms with Crippen LogP contribution in [0.15, 0.2) is 24.3 Å². The van der Waals surface area contributed by atoms with Crippen LogP contribution in [0.25, 0.3) is 0 Å². The number of likely N-dealkylation sites (tertiary alicyclic amines) is 1. The van der Waals surface area contributed by atoms with Gasteiger partial charge in [-0.25, -0.2) is 4.39 Å². The minimum atomic E-state index is -4.57. The van der Waals surface area contributed by atoms with Gasteiger partial charge in [0.05, 0.1) is 5.75 Å². The molecule has 1 fully saturated rings. The Balaban J connectivity index is 1.91. The average molecular weight is 303 g/mol. The van der Waals surface area contributed by atoms with Crippen LogP contribution < -0.4 is 0 Å². The average Bonchev–Trinajstić information content (AvgIpc) is 2.66. The van der Waals surface area contributed by atoms with Crippen LogP contribution in [0.3, 0.4) is 0 Å². The number of halogens is 2. The van der Waals surface area contributed by atoms with Crippen molar-refractivity contribution in [3.63, 3.8) is 0 Å². The molecule has 1 heterocycles. The maximum Gasteiger partial charge on any atom is 0.302 e. The third-order valence-corrected chi connectivity index (χ3v) is 4.21. The highest BCUT2D eigenvalue weighted by molar-refractivity contribution is 7.86. The van der Waals surface area contributed by atoms with Gasteiger partial charge in [0.1, 0.15) is 5.82 Å². The summed E-state index contributed by atoms with van der Waals surface area (Å²) in [6, 6.07) is 6.28. The maximum absolute atomic E-state index is 13.4. The number of amides is 1. The maximum atomic E-state index is 13.4. The molecule has 110 valence electrons. The Labute approximate surface area is 116 Å². The summed E-state index contributed by atoms with van der Waals surface area (Å²) in [5.74, 6) is -1.69. The van der Waals surface area contributed by atoms with Crippen LogP contribution in [-0.2, 0) is 21.4 Å². The number of nitrogens with zero attached hydrogens (tertiary/aromatic N) is 1. The zero-order chi connectivity index (χ0) is 14.8. The largest absolute Gasteiger partial charge is 0.342 e. The van der Waals surface area contributed by atoms with E-state index in [1.54, 1.807) is 18.2 Å². The van der Waals surface area contributed by atoms with Crippen molar-refractivity contribution in [3.8, 4) is 0 Å². The SMILES string of the molecule is O=C1CC(CS(=O)(=O)F)CN1CCc1ccccc1F. The normalized spacial score (nSPS) is 19.6. The summed E-state index contributed by atoms with van der Waals surface area (Å²) in [6.45, 7) is 0.513. The summed E-state index contributed by atoms with van der Waals surface area (Å²) in [4.78, 5) is 13.2. The highest BCUT2D eigenvalue weighted by Gasteiger charge is 2.32. The van der Waals surface area contributed by atoms with Crippen molar-refractivity contribution in [2.24, 2.45) is 5.92 Å². The van der Waals surface area contributed by atoms with Crippen molar-refractivity contribution in [3.05, 3.63) is 35.6 Å². The second-order valence-electron chi connectivity index (χ2n) is 4.96. The van der Waals surface area contributed by atoms with Crippen molar-refractivity contribution in [1.29, 1.82) is 0 Å². The van der Waals surface area contributed by atoms with Gasteiger partial charge in [-0.3, -0.25) is 4.79 Å². The summed E-state index contributed by atoms with van der Waals surface area (Å²) in [5, 5.41) is 0. The van der Waals surface area contributed by atoms with Crippen LogP contribution in [-0.4, -0.2) is 38.1 Å². The summed E-state index contributed by atoms with van der Waals surface area (Å²) in [5.41, 5.74) is 0.502. The molecule has 1 amide bonds. The highest BCUT2D eigenvalue weighted by atomic mass is 32.3. The molecule has 0 N–H and O–H groups in total. The molecule has 0 spiro atoms. The molecule has 2 rings (SSSR count). The van der Waals surface area contributed by atoms with Crippen molar-refractivity contribution in [2.75, 3.05) is 18.8 Å². The minimum absolute atomic E-state index is 0.0282. The molecule has 1 aliphatic heterocycles. The number of carbonyl (C=O) groups is 1. The minimum Gasteiger partial charge on any atom is -0.342 e. The fraction of sp³-hybridized carbons (Fsp3) is 0.462. The Morgan fingerprint density at radius 1 is 1.30 bits per heavy atom. The summed E-state index contributed by atoms with van der Waals surface area (Å²) in [6.07, 6.45) is 0.383. The van der Waals surface area contributed by atoms with E-state index in [0.717, 1.165) is 0 Å². The Hall–Kier alpha value is -1.50. The van der Waals surface area contributed by atoms with Gasteiger partial charge in [0.15, 0.2) is 0 Å². The van der Waals surface area contributed by atoms with Gasteiger partial charge >= 0.3 is 10.2 Å². The van der Waals surface area contributed by atoms with Crippen LogP contribution >= 0.6 is 0 Å². The van der Waals surface area contributed by atoms with Crippen molar-refractivity contribution in [2.45, 2.75) is 12.8 Å². The summed E-state index contributed by atoms with van der Waals surface area (Å²) in [7, 11) is -4.57. The van der Waals surface area contributed by atoms with Crippen molar-refractivity contribution in [1.82, 2.24) is 4.90 Å². The Morgan fingerprint density at radius 2 is 2.00 bits per heavy atom. The van der Waals surface area contributed by atoms with E-state index in [4.69, 9.17) is 0 Å². The standard InChI is InChI=1S/C13H15F2NO3S/c14-12-4-2-1-3-11(12)5-6-16-8-10(7-13(16)17)9-20(15,18)19/h1-4,10H,5-9H2. The smallest absolute Gasteiger partial charge is 0.302 e. The second kappa shape index (κ2) is 5.87.